The van der Waals surface area contributed by atoms with E-state index >= 15 is 0 Å². The lowest BCUT2D eigenvalue weighted by molar-refractivity contribution is -0.139. The molecule has 16 heteroatoms. The molecule has 3 rings (SSSR count). The number of hydrogen-bond donors (Lipinski definition) is 2. The van der Waals surface area contributed by atoms with Crippen LogP contribution in [0, 0.1) is 0 Å². The summed E-state index contributed by atoms with van der Waals surface area (Å²) in [5, 5.41) is 6.01. The van der Waals surface area contributed by atoms with E-state index in [4.69, 9.17) is 11.6 Å². The Hall–Kier alpha value is -3.14. The molecule has 1 saturated heterocycles. The number of imide groups is 1. The fourth-order valence-corrected chi connectivity index (χ4v) is 6.68. The summed E-state index contributed by atoms with van der Waals surface area (Å²) in [6.45, 7) is 7.40. The van der Waals surface area contributed by atoms with Gasteiger partial charge in [0.2, 0.25) is 0 Å². The van der Waals surface area contributed by atoms with Crippen LogP contribution in [0.15, 0.2) is 58.3 Å². The molecule has 2 N–H and O–H groups in total. The smallest absolute Gasteiger partial charge is 0.383 e. The number of amides is 3. The number of sulfone groups is 2. The topological polar surface area (TPSA) is 133 Å². The SMILES string of the molecule is CC(C)(CNc1ccc(S(C)(=O)=O)c(C(F)(F)F)c1)NCC=CCN1C(=O)N(c2ccc(S(C)(=O)=O)c(Cl)c2)C(=O)C1(C)C. The number of benzene rings is 2. The number of halogens is 4. The predicted octanol–water partition coefficient (Wildman–Crippen LogP) is 4.75. The molecule has 0 aromatic heterocycles. The van der Waals surface area contributed by atoms with E-state index in [0.29, 0.717) is 6.54 Å². The van der Waals surface area contributed by atoms with Crippen molar-refractivity contribution >= 4 is 54.6 Å². The van der Waals surface area contributed by atoms with Gasteiger partial charge >= 0.3 is 12.2 Å². The van der Waals surface area contributed by atoms with Crippen LogP contribution in [0.2, 0.25) is 5.02 Å². The minimum Gasteiger partial charge on any atom is -0.383 e. The van der Waals surface area contributed by atoms with Crippen molar-refractivity contribution in [3.8, 4) is 0 Å². The summed E-state index contributed by atoms with van der Waals surface area (Å²) in [7, 11) is -7.68. The molecule has 1 aliphatic heterocycles. The zero-order valence-corrected chi connectivity index (χ0v) is 27.3. The molecule has 2 aromatic carbocycles. The van der Waals surface area contributed by atoms with Crippen molar-refractivity contribution in [3.63, 3.8) is 0 Å². The Bertz CT molecular complexity index is 1710. The van der Waals surface area contributed by atoms with Crippen molar-refractivity contribution in [2.24, 2.45) is 0 Å². The Morgan fingerprint density at radius 1 is 0.932 bits per heavy atom. The highest BCUT2D eigenvalue weighted by Gasteiger charge is 2.51. The number of hydrogen-bond acceptors (Lipinski definition) is 8. The Balaban J connectivity index is 1.63. The predicted molar refractivity (Wildman–Crippen MR) is 162 cm³/mol. The third-order valence-electron chi connectivity index (χ3n) is 6.97. The molecule has 10 nitrogen and oxygen atoms in total. The van der Waals surface area contributed by atoms with Gasteiger partial charge < -0.3 is 15.5 Å². The van der Waals surface area contributed by atoms with Gasteiger partial charge in [0.1, 0.15) is 5.54 Å². The molecule has 0 unspecified atom stereocenters. The number of nitrogens with zero attached hydrogens (tertiary/aromatic N) is 2. The maximum atomic E-state index is 13.5. The van der Waals surface area contributed by atoms with Crippen molar-refractivity contribution in [1.82, 2.24) is 10.2 Å². The van der Waals surface area contributed by atoms with Crippen LogP contribution in [-0.2, 0) is 30.6 Å². The molecule has 0 radical (unpaired) electrons. The van der Waals surface area contributed by atoms with E-state index in [0.717, 1.165) is 29.5 Å². The van der Waals surface area contributed by atoms with Gasteiger partial charge in [-0.05, 0) is 64.1 Å². The average Bonchev–Trinajstić information content (AvgIpc) is 3.04. The van der Waals surface area contributed by atoms with E-state index in [1.165, 1.54) is 29.2 Å². The Morgan fingerprint density at radius 2 is 1.52 bits per heavy atom. The monoisotopic (exact) mass is 678 g/mol. The molecule has 0 aliphatic carbocycles. The average molecular weight is 679 g/mol. The maximum Gasteiger partial charge on any atom is 0.417 e. The summed E-state index contributed by atoms with van der Waals surface area (Å²) in [6.07, 6.45) is 0.289. The molecule has 0 saturated carbocycles. The zero-order chi connectivity index (χ0) is 33.5. The molecular weight excluding hydrogens is 645 g/mol. The molecule has 1 fully saturated rings. The van der Waals surface area contributed by atoms with Crippen LogP contribution in [0.25, 0.3) is 0 Å². The lowest BCUT2D eigenvalue weighted by Crippen LogP contribution is -2.45. The van der Waals surface area contributed by atoms with Crippen LogP contribution in [0.3, 0.4) is 0 Å². The lowest BCUT2D eigenvalue weighted by atomic mass is 10.0. The highest BCUT2D eigenvalue weighted by molar-refractivity contribution is 7.91. The van der Waals surface area contributed by atoms with Gasteiger partial charge in [0.15, 0.2) is 19.7 Å². The van der Waals surface area contributed by atoms with Gasteiger partial charge in [-0.3, -0.25) is 4.79 Å². The number of carbonyl (C=O) groups is 2. The van der Waals surface area contributed by atoms with E-state index < -0.39 is 59.3 Å². The number of carbonyl (C=O) groups excluding carboxylic acids is 2. The van der Waals surface area contributed by atoms with Crippen LogP contribution in [0.5, 0.6) is 0 Å². The molecule has 242 valence electrons. The van der Waals surface area contributed by atoms with Gasteiger partial charge in [0.05, 0.1) is 26.1 Å². The van der Waals surface area contributed by atoms with Crippen molar-refractivity contribution in [3.05, 3.63) is 59.1 Å². The molecule has 3 amide bonds. The highest BCUT2D eigenvalue weighted by atomic mass is 35.5. The number of nitrogens with one attached hydrogen (secondary N) is 2. The van der Waals surface area contributed by atoms with E-state index in [9.17, 15) is 39.6 Å². The second-order valence-corrected chi connectivity index (χ2v) is 15.9. The first-order valence-corrected chi connectivity index (χ1v) is 17.3. The third-order valence-corrected chi connectivity index (χ3v) is 9.70. The Labute approximate surface area is 260 Å². The lowest BCUT2D eigenvalue weighted by Gasteiger charge is -2.27. The maximum absolute atomic E-state index is 13.5. The number of urea groups is 1. The van der Waals surface area contributed by atoms with Gasteiger partial charge in [-0.25, -0.2) is 26.5 Å². The zero-order valence-electron chi connectivity index (χ0n) is 24.9. The highest BCUT2D eigenvalue weighted by Crippen LogP contribution is 2.37. The molecule has 0 spiro atoms. The Morgan fingerprint density at radius 3 is 2.07 bits per heavy atom. The van der Waals surface area contributed by atoms with Gasteiger partial charge in [0.25, 0.3) is 5.91 Å². The second-order valence-electron chi connectivity index (χ2n) is 11.6. The van der Waals surface area contributed by atoms with Gasteiger partial charge in [-0.15, -0.1) is 0 Å². The standard InChI is InChI=1S/C28H34ClF3N4O6S2/c1-26(2,17-33-18-9-11-22(43(5,39)40)20(15-18)28(30,31)32)34-13-7-8-14-35-25(38)36(24(37)27(35,3)4)19-10-12-23(21(29)16-19)44(6,41)42/h7-12,15-16,33-34H,13-14,17H2,1-6H3. The summed E-state index contributed by atoms with van der Waals surface area (Å²) in [4.78, 5) is 27.8. The van der Waals surface area contributed by atoms with Gasteiger partial charge in [-0.1, -0.05) is 23.8 Å². The Kier molecular flexibility index (Phi) is 9.91. The van der Waals surface area contributed by atoms with E-state index in [1.54, 1.807) is 26.0 Å². The molecule has 1 heterocycles. The van der Waals surface area contributed by atoms with Crippen LogP contribution in [0.1, 0.15) is 33.3 Å². The molecule has 2 aromatic rings. The summed E-state index contributed by atoms with van der Waals surface area (Å²) >= 11 is 6.12. The second kappa shape index (κ2) is 12.3. The van der Waals surface area contributed by atoms with Crippen LogP contribution in [0.4, 0.5) is 29.3 Å². The van der Waals surface area contributed by atoms with E-state index in [2.05, 4.69) is 10.6 Å². The number of anilines is 2. The summed E-state index contributed by atoms with van der Waals surface area (Å²) in [6, 6.07) is 6.20. The molecule has 0 atom stereocenters. The summed E-state index contributed by atoms with van der Waals surface area (Å²) in [5.74, 6) is -0.511. The first-order valence-electron chi connectivity index (χ1n) is 13.2. The van der Waals surface area contributed by atoms with Crippen molar-refractivity contribution in [2.45, 2.75) is 54.7 Å². The first-order chi connectivity index (χ1) is 20.0. The van der Waals surface area contributed by atoms with E-state index in [-0.39, 0.29) is 34.4 Å². The van der Waals surface area contributed by atoms with Crippen LogP contribution in [-0.4, -0.2) is 76.9 Å². The quantitative estimate of drug-likeness (QED) is 0.257. The molecule has 44 heavy (non-hydrogen) atoms. The third kappa shape index (κ3) is 7.92. The minimum atomic E-state index is -4.85. The normalized spacial score (nSPS) is 16.3. The summed E-state index contributed by atoms with van der Waals surface area (Å²) < 4.78 is 87.7. The number of rotatable bonds is 11. The number of alkyl halides is 3. The van der Waals surface area contributed by atoms with Gasteiger partial charge in [-0.2, -0.15) is 13.2 Å². The molecular formula is C28H34ClF3N4O6S2. The van der Waals surface area contributed by atoms with Crippen molar-refractivity contribution in [1.29, 1.82) is 0 Å². The fourth-order valence-electron chi connectivity index (χ4n) is 4.47. The largest absolute Gasteiger partial charge is 0.417 e. The van der Waals surface area contributed by atoms with Crippen LogP contribution < -0.4 is 15.5 Å². The van der Waals surface area contributed by atoms with Crippen molar-refractivity contribution in [2.75, 3.05) is 42.4 Å². The van der Waals surface area contributed by atoms with E-state index in [1.807, 2.05) is 13.8 Å². The molecule has 0 bridgehead atoms. The first kappa shape index (κ1) is 35.3. The fraction of sp³-hybridized carbons (Fsp3) is 0.429. The summed E-state index contributed by atoms with van der Waals surface area (Å²) in [5.41, 5.74) is -2.83. The van der Waals surface area contributed by atoms with Gasteiger partial charge in [0, 0.05) is 43.4 Å². The minimum absolute atomic E-state index is 0.0799. The molecule has 1 aliphatic rings. The van der Waals surface area contributed by atoms with Crippen molar-refractivity contribution < 1.29 is 39.6 Å². The van der Waals surface area contributed by atoms with Crippen LogP contribution >= 0.6 is 11.6 Å².